The van der Waals surface area contributed by atoms with Crippen LogP contribution < -0.4 is 0 Å². The Hall–Kier alpha value is -1.55. The van der Waals surface area contributed by atoms with E-state index in [0.29, 0.717) is 0 Å². The molecule has 0 aliphatic carbocycles. The van der Waals surface area contributed by atoms with Crippen molar-refractivity contribution in [2.45, 2.75) is 0 Å². The van der Waals surface area contributed by atoms with Gasteiger partial charge in [0.1, 0.15) is 0 Å². The summed E-state index contributed by atoms with van der Waals surface area (Å²) in [5.74, 6) is 0. The number of hydrogen-bond acceptors (Lipinski definition) is 4. The minimum absolute atomic E-state index is 0.740. The van der Waals surface area contributed by atoms with Gasteiger partial charge < -0.3 is 0 Å². The van der Waals surface area contributed by atoms with Crippen LogP contribution in [-0.4, -0.2) is 15.0 Å². The third-order valence-corrected chi connectivity index (χ3v) is 2.57. The van der Waals surface area contributed by atoms with E-state index in [4.69, 9.17) is 0 Å². The Morgan fingerprint density at radius 1 is 1.00 bits per heavy atom. The summed E-state index contributed by atoms with van der Waals surface area (Å²) in [5.41, 5.74) is 4.34. The Morgan fingerprint density at radius 3 is 2.62 bits per heavy atom. The molecule has 0 radical (unpaired) electrons. The zero-order valence-electron chi connectivity index (χ0n) is 6.64. The van der Waals surface area contributed by atoms with Crippen LogP contribution in [0.2, 0.25) is 0 Å². The van der Waals surface area contributed by atoms with Crippen molar-refractivity contribution in [3.8, 4) is 0 Å². The highest BCUT2D eigenvalue weighted by Gasteiger charge is 2.01. The number of fused-ring (bicyclic) bond motifs is 2. The topological polar surface area (TPSA) is 38.7 Å². The van der Waals surface area contributed by atoms with Crippen LogP contribution in [0.3, 0.4) is 0 Å². The summed E-state index contributed by atoms with van der Waals surface area (Å²) in [6, 6.07) is 7.82. The van der Waals surface area contributed by atoms with Gasteiger partial charge in [-0.05, 0) is 12.1 Å². The second-order valence-electron chi connectivity index (χ2n) is 2.69. The molecule has 3 rings (SSSR count). The molecule has 62 valence electrons. The third-order valence-electron chi connectivity index (χ3n) is 1.86. The average molecular weight is 187 g/mol. The van der Waals surface area contributed by atoms with Crippen molar-refractivity contribution in [1.29, 1.82) is 0 Å². The van der Waals surface area contributed by atoms with E-state index in [1.54, 1.807) is 5.51 Å². The lowest BCUT2D eigenvalue weighted by Crippen LogP contribution is -1.83. The van der Waals surface area contributed by atoms with Crippen LogP contribution >= 0.6 is 11.3 Å². The zero-order chi connectivity index (χ0) is 8.67. The molecule has 0 saturated carbocycles. The number of thiazole rings is 1. The minimum Gasteiger partial charge on any atom is -0.232 e. The quantitative estimate of drug-likeness (QED) is 0.541. The first kappa shape index (κ1) is 6.91. The molecule has 0 N–H and O–H groups in total. The molecule has 1 aromatic carbocycles. The van der Waals surface area contributed by atoms with E-state index in [-0.39, 0.29) is 0 Å². The summed E-state index contributed by atoms with van der Waals surface area (Å²) in [6.45, 7) is 0. The lowest BCUT2D eigenvalue weighted by molar-refractivity contribution is 1.34. The molecule has 0 aliphatic heterocycles. The van der Waals surface area contributed by atoms with Gasteiger partial charge in [-0.25, -0.2) is 15.0 Å². The van der Waals surface area contributed by atoms with Gasteiger partial charge in [-0.3, -0.25) is 0 Å². The fraction of sp³-hybridized carbons (Fsp3) is 0. The number of rotatable bonds is 0. The lowest BCUT2D eigenvalue weighted by Gasteiger charge is -1.93. The average Bonchev–Trinajstić information content (AvgIpc) is 2.61. The molecule has 2 heterocycles. The van der Waals surface area contributed by atoms with E-state index in [1.807, 2.05) is 24.3 Å². The van der Waals surface area contributed by atoms with Crippen molar-refractivity contribution in [3.05, 3.63) is 29.8 Å². The van der Waals surface area contributed by atoms with Crippen LogP contribution in [0.1, 0.15) is 0 Å². The maximum absolute atomic E-state index is 4.43. The highest BCUT2D eigenvalue weighted by molar-refractivity contribution is 7.16. The van der Waals surface area contributed by atoms with Crippen LogP contribution in [0.15, 0.2) is 29.8 Å². The molecule has 13 heavy (non-hydrogen) atoms. The largest absolute Gasteiger partial charge is 0.232 e. The summed E-state index contributed by atoms with van der Waals surface area (Å²) < 4.78 is 0. The monoisotopic (exact) mass is 187 g/mol. The molecular formula is C9H5N3S. The first-order valence-corrected chi connectivity index (χ1v) is 4.77. The predicted octanol–water partition coefficient (Wildman–Crippen LogP) is 2.24. The van der Waals surface area contributed by atoms with Crippen molar-refractivity contribution in [2.24, 2.45) is 0 Å². The van der Waals surface area contributed by atoms with Crippen molar-refractivity contribution in [1.82, 2.24) is 15.0 Å². The van der Waals surface area contributed by atoms with Gasteiger partial charge in [-0.2, -0.15) is 0 Å². The molecule has 0 atom stereocenters. The van der Waals surface area contributed by atoms with Crippen LogP contribution in [-0.2, 0) is 0 Å². The molecule has 3 aromatic rings. The first-order chi connectivity index (χ1) is 6.43. The van der Waals surface area contributed by atoms with Gasteiger partial charge in [0.05, 0.1) is 16.5 Å². The van der Waals surface area contributed by atoms with Crippen LogP contribution in [0, 0.1) is 0 Å². The number of hydrogen-bond donors (Lipinski definition) is 0. The first-order valence-electron chi connectivity index (χ1n) is 3.89. The normalized spacial score (nSPS) is 11.1. The van der Waals surface area contributed by atoms with Crippen molar-refractivity contribution < 1.29 is 0 Å². The van der Waals surface area contributed by atoms with Gasteiger partial charge in [0, 0.05) is 0 Å². The van der Waals surface area contributed by atoms with E-state index in [0.717, 1.165) is 21.5 Å². The minimum atomic E-state index is 0.740. The Labute approximate surface area is 78.1 Å². The maximum Gasteiger partial charge on any atom is 0.190 e. The SMILES string of the molecule is c1ccc2nc3scnc3nc2c1. The maximum atomic E-state index is 4.43. The van der Waals surface area contributed by atoms with Gasteiger partial charge in [0.25, 0.3) is 0 Å². The molecule has 0 saturated heterocycles. The van der Waals surface area contributed by atoms with E-state index in [2.05, 4.69) is 15.0 Å². The second-order valence-corrected chi connectivity index (χ2v) is 3.53. The van der Waals surface area contributed by atoms with Crippen molar-refractivity contribution in [2.75, 3.05) is 0 Å². The Kier molecular flexibility index (Phi) is 1.31. The molecule has 0 unspecified atom stereocenters. The van der Waals surface area contributed by atoms with E-state index in [1.165, 1.54) is 11.3 Å². The molecule has 4 heteroatoms. The molecule has 0 fully saturated rings. The van der Waals surface area contributed by atoms with Gasteiger partial charge in [0.2, 0.25) is 0 Å². The smallest absolute Gasteiger partial charge is 0.190 e. The summed E-state index contributed by atoms with van der Waals surface area (Å²) in [6.07, 6.45) is 0. The molecule has 0 aliphatic rings. The standard InChI is InChI=1S/C9H5N3S/c1-2-4-7-6(3-1)11-8-9(12-7)13-5-10-8/h1-5H. The Morgan fingerprint density at radius 2 is 1.77 bits per heavy atom. The predicted molar refractivity (Wildman–Crippen MR) is 52.7 cm³/mol. The van der Waals surface area contributed by atoms with E-state index >= 15 is 0 Å². The molecule has 0 amide bonds. The number of benzene rings is 1. The fourth-order valence-corrected chi connectivity index (χ4v) is 1.87. The molecule has 0 bridgehead atoms. The number of aromatic nitrogens is 3. The number of para-hydroxylation sites is 2. The van der Waals surface area contributed by atoms with Gasteiger partial charge in [-0.1, -0.05) is 12.1 Å². The molecule has 0 spiro atoms. The van der Waals surface area contributed by atoms with E-state index in [9.17, 15) is 0 Å². The zero-order valence-corrected chi connectivity index (χ0v) is 7.45. The fourth-order valence-electron chi connectivity index (χ4n) is 1.26. The van der Waals surface area contributed by atoms with Crippen LogP contribution in [0.4, 0.5) is 0 Å². The van der Waals surface area contributed by atoms with Gasteiger partial charge in [-0.15, -0.1) is 11.3 Å². The summed E-state index contributed by atoms with van der Waals surface area (Å²) >= 11 is 1.52. The summed E-state index contributed by atoms with van der Waals surface area (Å²) in [5, 5.41) is 0. The Bertz CT molecular complexity index is 523. The van der Waals surface area contributed by atoms with Gasteiger partial charge in [0.15, 0.2) is 10.5 Å². The van der Waals surface area contributed by atoms with Crippen molar-refractivity contribution in [3.63, 3.8) is 0 Å². The number of nitrogens with zero attached hydrogens (tertiary/aromatic N) is 3. The summed E-state index contributed by atoms with van der Waals surface area (Å²) in [4.78, 5) is 13.8. The second kappa shape index (κ2) is 2.47. The molecule has 3 nitrogen and oxygen atoms in total. The third kappa shape index (κ3) is 0.990. The van der Waals surface area contributed by atoms with Crippen LogP contribution in [0.5, 0.6) is 0 Å². The molecular weight excluding hydrogens is 182 g/mol. The van der Waals surface area contributed by atoms with E-state index < -0.39 is 0 Å². The summed E-state index contributed by atoms with van der Waals surface area (Å²) in [7, 11) is 0. The Balaban J connectivity index is 2.57. The van der Waals surface area contributed by atoms with Gasteiger partial charge >= 0.3 is 0 Å². The van der Waals surface area contributed by atoms with Crippen LogP contribution in [0.25, 0.3) is 21.5 Å². The van der Waals surface area contributed by atoms with Crippen molar-refractivity contribution >= 4 is 32.8 Å². The lowest BCUT2D eigenvalue weighted by atomic mass is 10.3. The highest BCUT2D eigenvalue weighted by atomic mass is 32.1. The highest BCUT2D eigenvalue weighted by Crippen LogP contribution is 2.17. The molecule has 2 aromatic heterocycles.